The van der Waals surface area contributed by atoms with Crippen LogP contribution in [-0.2, 0) is 14.4 Å². The van der Waals surface area contributed by atoms with Crippen molar-refractivity contribution >= 4 is 17.8 Å². The van der Waals surface area contributed by atoms with Gasteiger partial charge in [-0.25, -0.2) is 0 Å². The Kier molecular flexibility index (Phi) is 6.44. The fourth-order valence-electron chi connectivity index (χ4n) is 2.55. The fourth-order valence-corrected chi connectivity index (χ4v) is 2.55. The van der Waals surface area contributed by atoms with Crippen molar-refractivity contribution in [1.82, 2.24) is 16.0 Å². The van der Waals surface area contributed by atoms with E-state index in [1.54, 1.807) is 0 Å². The minimum absolute atomic E-state index is 0.128. The van der Waals surface area contributed by atoms with E-state index in [0.717, 1.165) is 32.2 Å². The lowest BCUT2D eigenvalue weighted by atomic mass is 9.76. The molecular weight excluding hydrogens is 262 g/mol. The maximum Gasteiger partial charge on any atom is 0.322 e. The first-order chi connectivity index (χ1) is 9.50. The number of hydrogen-bond acceptors (Lipinski definition) is 4. The van der Waals surface area contributed by atoms with Crippen molar-refractivity contribution in [3.63, 3.8) is 0 Å². The number of carboxylic acids is 1. The number of carbonyl (C=O) groups excluding carboxylic acids is 2. The van der Waals surface area contributed by atoms with Crippen LogP contribution in [0.1, 0.15) is 32.6 Å². The molecule has 1 fully saturated rings. The molecule has 0 spiro atoms. The van der Waals surface area contributed by atoms with Gasteiger partial charge < -0.3 is 21.1 Å². The normalized spacial score (nSPS) is 22.1. The van der Waals surface area contributed by atoms with E-state index in [2.05, 4.69) is 16.0 Å². The summed E-state index contributed by atoms with van der Waals surface area (Å²) in [6.45, 7) is 2.96. The van der Waals surface area contributed by atoms with Gasteiger partial charge in [-0.1, -0.05) is 13.3 Å². The first-order valence-electron chi connectivity index (χ1n) is 6.98. The van der Waals surface area contributed by atoms with E-state index < -0.39 is 23.8 Å². The first kappa shape index (κ1) is 16.4. The Bertz CT molecular complexity index is 359. The maximum absolute atomic E-state index is 12.3. The van der Waals surface area contributed by atoms with Gasteiger partial charge in [0.15, 0.2) is 0 Å². The highest BCUT2D eigenvalue weighted by molar-refractivity contribution is 5.89. The van der Waals surface area contributed by atoms with Crippen LogP contribution in [0.3, 0.4) is 0 Å². The Labute approximate surface area is 118 Å². The molecule has 0 bridgehead atoms. The van der Waals surface area contributed by atoms with Crippen LogP contribution < -0.4 is 16.0 Å². The van der Waals surface area contributed by atoms with Crippen LogP contribution in [-0.4, -0.2) is 49.1 Å². The molecule has 1 aliphatic heterocycles. The zero-order valence-electron chi connectivity index (χ0n) is 11.8. The third-order valence-corrected chi connectivity index (χ3v) is 3.53. The molecule has 1 heterocycles. The number of rotatable bonds is 7. The zero-order valence-corrected chi connectivity index (χ0v) is 11.8. The highest BCUT2D eigenvalue weighted by Crippen LogP contribution is 2.31. The molecule has 0 radical (unpaired) electrons. The van der Waals surface area contributed by atoms with Crippen molar-refractivity contribution in [1.29, 1.82) is 0 Å². The molecule has 114 valence electrons. The molecule has 0 aromatic rings. The van der Waals surface area contributed by atoms with Gasteiger partial charge in [0.2, 0.25) is 11.8 Å². The topological polar surface area (TPSA) is 108 Å². The van der Waals surface area contributed by atoms with E-state index in [4.69, 9.17) is 5.11 Å². The van der Waals surface area contributed by atoms with Gasteiger partial charge in [-0.3, -0.25) is 14.4 Å². The van der Waals surface area contributed by atoms with Gasteiger partial charge in [0, 0.05) is 6.54 Å². The minimum atomic E-state index is -1.11. The fraction of sp³-hybridized carbons (Fsp3) is 0.769. The number of hydrogen-bond donors (Lipinski definition) is 4. The predicted molar refractivity (Wildman–Crippen MR) is 73.1 cm³/mol. The molecule has 7 heteroatoms. The third-order valence-electron chi connectivity index (χ3n) is 3.53. The molecule has 2 amide bonds. The maximum atomic E-state index is 12.3. The van der Waals surface area contributed by atoms with Crippen LogP contribution in [0.4, 0.5) is 0 Å². The summed E-state index contributed by atoms with van der Waals surface area (Å²) in [5.41, 5.74) is -0.444. The van der Waals surface area contributed by atoms with Gasteiger partial charge >= 0.3 is 5.97 Å². The van der Waals surface area contributed by atoms with Crippen LogP contribution in [0.25, 0.3) is 0 Å². The van der Waals surface area contributed by atoms with Gasteiger partial charge in [0.05, 0.1) is 12.0 Å². The van der Waals surface area contributed by atoms with Crippen LogP contribution in [0.15, 0.2) is 0 Å². The Morgan fingerprint density at radius 2 is 2.00 bits per heavy atom. The van der Waals surface area contributed by atoms with E-state index in [1.165, 1.54) is 0 Å². The molecule has 0 aromatic heterocycles. The van der Waals surface area contributed by atoms with Gasteiger partial charge in [-0.05, 0) is 25.8 Å². The second kappa shape index (κ2) is 7.84. The second-order valence-electron chi connectivity index (χ2n) is 5.16. The highest BCUT2D eigenvalue weighted by Gasteiger charge is 2.38. The van der Waals surface area contributed by atoms with Crippen molar-refractivity contribution in [3.05, 3.63) is 0 Å². The van der Waals surface area contributed by atoms with E-state index >= 15 is 0 Å². The molecule has 1 rings (SSSR count). The van der Waals surface area contributed by atoms with Crippen LogP contribution in [0.5, 0.6) is 0 Å². The Balaban J connectivity index is 2.46. The van der Waals surface area contributed by atoms with Crippen molar-refractivity contribution in [2.45, 2.75) is 32.6 Å². The first-order valence-corrected chi connectivity index (χ1v) is 6.98. The number of nitrogens with one attached hydrogen (secondary N) is 3. The molecular formula is C13H23N3O4. The van der Waals surface area contributed by atoms with Crippen LogP contribution in [0.2, 0.25) is 0 Å². The number of aliphatic carboxylic acids is 1. The summed E-state index contributed by atoms with van der Waals surface area (Å²) in [6.07, 6.45) is 3.44. The number of carboxylic acid groups (broad SMARTS) is 1. The Hall–Kier alpha value is -1.63. The van der Waals surface area contributed by atoms with Gasteiger partial charge in [-0.2, -0.15) is 0 Å². The predicted octanol–water partition coefficient (Wildman–Crippen LogP) is -0.527. The van der Waals surface area contributed by atoms with Crippen molar-refractivity contribution in [2.75, 3.05) is 26.2 Å². The molecule has 1 atom stereocenters. The molecule has 1 aliphatic rings. The molecule has 1 saturated heterocycles. The summed E-state index contributed by atoms with van der Waals surface area (Å²) in [6, 6.07) is 0. The summed E-state index contributed by atoms with van der Waals surface area (Å²) in [5, 5.41) is 16.5. The average molecular weight is 285 g/mol. The number of piperidine rings is 1. The van der Waals surface area contributed by atoms with Crippen molar-refractivity contribution < 1.29 is 19.5 Å². The Morgan fingerprint density at radius 3 is 2.55 bits per heavy atom. The summed E-state index contributed by atoms with van der Waals surface area (Å²) < 4.78 is 0. The van der Waals surface area contributed by atoms with Crippen LogP contribution in [0, 0.1) is 5.41 Å². The van der Waals surface area contributed by atoms with E-state index in [9.17, 15) is 14.4 Å². The summed E-state index contributed by atoms with van der Waals surface area (Å²) >= 11 is 0. The molecule has 0 aromatic carbocycles. The van der Waals surface area contributed by atoms with Crippen molar-refractivity contribution in [2.24, 2.45) is 5.41 Å². The minimum Gasteiger partial charge on any atom is -0.480 e. The molecule has 0 aliphatic carbocycles. The monoisotopic (exact) mass is 285 g/mol. The number of amides is 2. The molecule has 0 saturated carbocycles. The second-order valence-corrected chi connectivity index (χ2v) is 5.16. The summed E-state index contributed by atoms with van der Waals surface area (Å²) in [7, 11) is 0. The van der Waals surface area contributed by atoms with Gasteiger partial charge in [-0.15, -0.1) is 0 Å². The lowest BCUT2D eigenvalue weighted by Crippen LogP contribution is -2.52. The summed E-state index contributed by atoms with van der Waals surface area (Å²) in [5.74, 6) is -1.73. The zero-order chi connectivity index (χ0) is 15.0. The molecule has 20 heavy (non-hydrogen) atoms. The largest absolute Gasteiger partial charge is 0.480 e. The molecule has 4 N–H and O–H groups in total. The average Bonchev–Trinajstić information content (AvgIpc) is 2.43. The highest BCUT2D eigenvalue weighted by atomic mass is 16.4. The third kappa shape index (κ3) is 4.80. The number of carbonyl (C=O) groups is 3. The summed E-state index contributed by atoms with van der Waals surface area (Å²) in [4.78, 5) is 34.0. The van der Waals surface area contributed by atoms with Gasteiger partial charge in [0.25, 0.3) is 0 Å². The standard InChI is InChI=1S/C13H23N3O4/c1-2-4-13(5-3-6-14-9-13)12(20)16-7-10(17)15-8-11(18)19/h14H,2-9H2,1H3,(H,15,17)(H,16,20)(H,18,19). The smallest absolute Gasteiger partial charge is 0.322 e. The van der Waals surface area contributed by atoms with E-state index in [-0.39, 0.29) is 12.5 Å². The molecule has 7 nitrogen and oxygen atoms in total. The lowest BCUT2D eigenvalue weighted by Gasteiger charge is -2.36. The quantitative estimate of drug-likeness (QED) is 0.503. The van der Waals surface area contributed by atoms with E-state index in [0.29, 0.717) is 6.54 Å². The lowest BCUT2D eigenvalue weighted by molar-refractivity contribution is -0.138. The molecule has 1 unspecified atom stereocenters. The SMILES string of the molecule is CCCC1(C(=O)NCC(=O)NCC(=O)O)CCCNC1. The van der Waals surface area contributed by atoms with Crippen molar-refractivity contribution in [3.8, 4) is 0 Å². The van der Waals surface area contributed by atoms with Gasteiger partial charge in [0.1, 0.15) is 6.54 Å². The van der Waals surface area contributed by atoms with E-state index in [1.807, 2.05) is 6.92 Å². The Morgan fingerprint density at radius 1 is 1.25 bits per heavy atom. The van der Waals surface area contributed by atoms with Crippen LogP contribution >= 0.6 is 0 Å².